The first kappa shape index (κ1) is 18.0. The van der Waals surface area contributed by atoms with Gasteiger partial charge in [0.15, 0.2) is 11.6 Å². The number of benzene rings is 2. The molecule has 0 aromatic heterocycles. The first-order valence-electron chi connectivity index (χ1n) is 9.25. The zero-order valence-electron chi connectivity index (χ0n) is 14.9. The Kier molecular flexibility index (Phi) is 5.51. The van der Waals surface area contributed by atoms with Crippen LogP contribution in [-0.4, -0.2) is 0 Å². The van der Waals surface area contributed by atoms with Crippen molar-refractivity contribution in [1.82, 2.24) is 0 Å². The normalized spacial score (nSPS) is 20.7. The van der Waals surface area contributed by atoms with E-state index in [1.807, 2.05) is 6.07 Å². The molecule has 1 aliphatic carbocycles. The van der Waals surface area contributed by atoms with Crippen LogP contribution in [0.4, 0.5) is 13.2 Å². The third-order valence-electron chi connectivity index (χ3n) is 5.57. The quantitative estimate of drug-likeness (QED) is 0.551. The highest BCUT2D eigenvalue weighted by Crippen LogP contribution is 2.39. The number of rotatable bonds is 4. The molecule has 0 radical (unpaired) electrons. The van der Waals surface area contributed by atoms with Crippen molar-refractivity contribution < 1.29 is 13.2 Å². The lowest BCUT2D eigenvalue weighted by atomic mass is 9.77. The maximum atomic E-state index is 14.6. The third kappa shape index (κ3) is 3.75. The molecule has 1 fully saturated rings. The number of hydrogen-bond acceptors (Lipinski definition) is 0. The van der Waals surface area contributed by atoms with Crippen LogP contribution in [0.2, 0.25) is 0 Å². The first-order valence-corrected chi connectivity index (χ1v) is 9.25. The molecule has 0 atom stereocenters. The summed E-state index contributed by atoms with van der Waals surface area (Å²) < 4.78 is 42.5. The van der Waals surface area contributed by atoms with Gasteiger partial charge in [0.25, 0.3) is 0 Å². The van der Waals surface area contributed by atoms with Gasteiger partial charge in [-0.3, -0.25) is 0 Å². The van der Waals surface area contributed by atoms with Crippen molar-refractivity contribution in [2.24, 2.45) is 5.92 Å². The first-order chi connectivity index (χ1) is 12.0. The fourth-order valence-corrected chi connectivity index (χ4v) is 4.05. The second kappa shape index (κ2) is 7.63. The largest absolute Gasteiger partial charge is 0.206 e. The molecule has 0 unspecified atom stereocenters. The van der Waals surface area contributed by atoms with Crippen molar-refractivity contribution in [1.29, 1.82) is 0 Å². The van der Waals surface area contributed by atoms with E-state index in [2.05, 4.69) is 6.92 Å². The summed E-state index contributed by atoms with van der Waals surface area (Å²) in [5.41, 5.74) is 1.31. The Morgan fingerprint density at radius 1 is 0.880 bits per heavy atom. The molecule has 0 spiro atoms. The van der Waals surface area contributed by atoms with Gasteiger partial charge in [-0.15, -0.1) is 0 Å². The summed E-state index contributed by atoms with van der Waals surface area (Å²) in [6.45, 7) is 3.71. The van der Waals surface area contributed by atoms with Gasteiger partial charge in [-0.05, 0) is 61.6 Å². The molecule has 2 aromatic rings. The van der Waals surface area contributed by atoms with Crippen LogP contribution in [0.3, 0.4) is 0 Å². The summed E-state index contributed by atoms with van der Waals surface area (Å²) in [6, 6.07) is 7.91. The highest BCUT2D eigenvalue weighted by Gasteiger charge is 2.23. The maximum absolute atomic E-state index is 14.6. The number of hydrogen-bond donors (Lipinski definition) is 0. The second-order valence-corrected chi connectivity index (χ2v) is 7.30. The van der Waals surface area contributed by atoms with Gasteiger partial charge in [0.2, 0.25) is 0 Å². The summed E-state index contributed by atoms with van der Waals surface area (Å²) in [4.78, 5) is 0. The van der Waals surface area contributed by atoms with E-state index in [1.54, 1.807) is 6.07 Å². The topological polar surface area (TPSA) is 0 Å². The molecule has 0 saturated heterocycles. The molecule has 0 N–H and O–H groups in total. The van der Waals surface area contributed by atoms with Crippen LogP contribution < -0.4 is 0 Å². The van der Waals surface area contributed by atoms with Crippen molar-refractivity contribution >= 4 is 0 Å². The molecule has 134 valence electrons. The SMILES string of the molecule is CCCC1CCC(c2ccc(-c3ccc(C)c(F)c3F)c(F)c2)CC1. The molecule has 1 saturated carbocycles. The fraction of sp³-hybridized carbons (Fsp3) is 0.455. The Morgan fingerprint density at radius 3 is 2.20 bits per heavy atom. The lowest BCUT2D eigenvalue weighted by molar-refractivity contribution is 0.308. The van der Waals surface area contributed by atoms with E-state index in [9.17, 15) is 13.2 Å². The van der Waals surface area contributed by atoms with Gasteiger partial charge in [0.1, 0.15) is 5.82 Å². The second-order valence-electron chi connectivity index (χ2n) is 7.30. The van der Waals surface area contributed by atoms with Gasteiger partial charge in [-0.1, -0.05) is 44.0 Å². The zero-order valence-corrected chi connectivity index (χ0v) is 14.9. The molecule has 0 bridgehead atoms. The van der Waals surface area contributed by atoms with Crippen molar-refractivity contribution in [2.45, 2.75) is 58.3 Å². The van der Waals surface area contributed by atoms with Crippen LogP contribution in [0.5, 0.6) is 0 Å². The minimum Gasteiger partial charge on any atom is -0.206 e. The average molecular weight is 346 g/mol. The maximum Gasteiger partial charge on any atom is 0.167 e. The highest BCUT2D eigenvalue weighted by molar-refractivity contribution is 5.66. The molecule has 0 nitrogen and oxygen atoms in total. The Labute approximate surface area is 148 Å². The summed E-state index contributed by atoms with van der Waals surface area (Å²) in [6.07, 6.45) is 7.04. The summed E-state index contributed by atoms with van der Waals surface area (Å²) >= 11 is 0. The van der Waals surface area contributed by atoms with Crippen molar-refractivity contribution in [2.75, 3.05) is 0 Å². The Bertz CT molecular complexity index is 743. The van der Waals surface area contributed by atoms with E-state index in [4.69, 9.17) is 0 Å². The van der Waals surface area contributed by atoms with Crippen molar-refractivity contribution in [3.05, 3.63) is 58.9 Å². The van der Waals surface area contributed by atoms with E-state index in [-0.39, 0.29) is 16.7 Å². The minimum absolute atomic E-state index is 0.0150. The zero-order chi connectivity index (χ0) is 18.0. The highest BCUT2D eigenvalue weighted by atomic mass is 19.2. The van der Waals surface area contributed by atoms with E-state index in [0.717, 1.165) is 24.3 Å². The monoisotopic (exact) mass is 346 g/mol. The van der Waals surface area contributed by atoms with E-state index in [1.165, 1.54) is 50.8 Å². The summed E-state index contributed by atoms with van der Waals surface area (Å²) in [5.74, 6) is -1.19. The Hall–Kier alpha value is -1.77. The molecule has 0 heterocycles. The van der Waals surface area contributed by atoms with E-state index in [0.29, 0.717) is 5.92 Å². The molecule has 1 aliphatic rings. The lowest BCUT2D eigenvalue weighted by Crippen LogP contribution is -2.13. The minimum atomic E-state index is -0.980. The summed E-state index contributed by atoms with van der Waals surface area (Å²) in [5, 5.41) is 0. The third-order valence-corrected chi connectivity index (χ3v) is 5.57. The number of halogens is 3. The van der Waals surface area contributed by atoms with Crippen molar-refractivity contribution in [3.63, 3.8) is 0 Å². The van der Waals surface area contributed by atoms with Crippen LogP contribution >= 0.6 is 0 Å². The molecule has 0 amide bonds. The van der Waals surface area contributed by atoms with E-state index >= 15 is 0 Å². The predicted octanol–water partition coefficient (Wildman–Crippen LogP) is 7.15. The molecular formula is C22H25F3. The lowest BCUT2D eigenvalue weighted by Gasteiger charge is -2.28. The number of aryl methyl sites for hydroxylation is 1. The van der Waals surface area contributed by atoms with Crippen LogP contribution in [0.15, 0.2) is 30.3 Å². The van der Waals surface area contributed by atoms with Crippen LogP contribution in [0.25, 0.3) is 11.1 Å². The van der Waals surface area contributed by atoms with Gasteiger partial charge in [0.05, 0.1) is 0 Å². The van der Waals surface area contributed by atoms with Crippen LogP contribution in [0.1, 0.15) is 62.5 Å². The van der Waals surface area contributed by atoms with Gasteiger partial charge < -0.3 is 0 Å². The average Bonchev–Trinajstić information content (AvgIpc) is 2.61. The fourth-order valence-electron chi connectivity index (χ4n) is 4.05. The van der Waals surface area contributed by atoms with Gasteiger partial charge in [0, 0.05) is 11.1 Å². The molecule has 3 rings (SSSR count). The van der Waals surface area contributed by atoms with Crippen molar-refractivity contribution in [3.8, 4) is 11.1 Å². The standard InChI is InChI=1S/C22H25F3/c1-3-4-15-6-8-16(9-7-15)17-10-12-18(20(23)13-17)19-11-5-14(2)21(24)22(19)25/h5,10-13,15-16H,3-4,6-9H2,1-2H3. The predicted molar refractivity (Wildman–Crippen MR) is 96.1 cm³/mol. The van der Waals surface area contributed by atoms with E-state index < -0.39 is 17.5 Å². The molecule has 2 aromatic carbocycles. The van der Waals surface area contributed by atoms with Crippen LogP contribution in [-0.2, 0) is 0 Å². The van der Waals surface area contributed by atoms with Gasteiger partial charge in [-0.25, -0.2) is 13.2 Å². The van der Waals surface area contributed by atoms with Gasteiger partial charge >= 0.3 is 0 Å². The Balaban J connectivity index is 1.82. The molecule has 3 heteroatoms. The molecule has 25 heavy (non-hydrogen) atoms. The van der Waals surface area contributed by atoms with Gasteiger partial charge in [-0.2, -0.15) is 0 Å². The van der Waals surface area contributed by atoms with Crippen LogP contribution in [0, 0.1) is 30.3 Å². The smallest absolute Gasteiger partial charge is 0.167 e. The summed E-state index contributed by atoms with van der Waals surface area (Å²) in [7, 11) is 0. The molecular weight excluding hydrogens is 321 g/mol. The Morgan fingerprint density at radius 2 is 1.56 bits per heavy atom. The molecule has 0 aliphatic heterocycles.